The molecule has 0 aromatic carbocycles. The van der Waals surface area contributed by atoms with Gasteiger partial charge in [0.05, 0.1) is 30.5 Å². The number of fused-ring (bicyclic) bond motifs is 3. The summed E-state index contributed by atoms with van der Waals surface area (Å²) in [5.74, 6) is 99.2. The largest absolute Gasteiger partial charge is 0.456 e. The predicted molar refractivity (Wildman–Crippen MR) is 484 cm³/mol. The van der Waals surface area contributed by atoms with E-state index < -0.39 is 83.9 Å². The summed E-state index contributed by atoms with van der Waals surface area (Å²) in [6.45, 7) is 12.9. The van der Waals surface area contributed by atoms with Gasteiger partial charge in [0.1, 0.15) is 24.0 Å². The zero-order valence-electron chi connectivity index (χ0n) is 64.8. The number of methoxy groups -OCH3 is 3. The van der Waals surface area contributed by atoms with Crippen molar-refractivity contribution in [2.75, 3.05) is 27.9 Å². The third-order valence-corrected chi connectivity index (χ3v) is 16.1. The minimum Gasteiger partial charge on any atom is -0.456 e. The number of ether oxygens (including phenoxy) is 5. The maximum Gasteiger partial charge on any atom is 0.329 e. The van der Waals surface area contributed by atoms with Gasteiger partial charge >= 0.3 is 5.97 Å². The molecule has 2 bridgehead atoms. The van der Waals surface area contributed by atoms with E-state index in [1.165, 1.54) is 24.8 Å². The highest BCUT2D eigenvalue weighted by atomic mass is 17.9. The van der Waals surface area contributed by atoms with Crippen LogP contribution >= 0.6 is 0 Å². The van der Waals surface area contributed by atoms with Gasteiger partial charge in [-0.3, -0.25) is 14.4 Å². The van der Waals surface area contributed by atoms with E-state index in [1.807, 2.05) is 45.1 Å². The molecule has 0 unspecified atom stereocenters. The quantitative estimate of drug-likeness (QED) is 0.0150. The van der Waals surface area contributed by atoms with E-state index in [-0.39, 0.29) is 96.6 Å². The number of amides is 1. The van der Waals surface area contributed by atoms with Crippen molar-refractivity contribution >= 4 is 23.4 Å². The Kier molecular flexibility index (Phi) is 54.3. The summed E-state index contributed by atoms with van der Waals surface area (Å²) in [6, 6.07) is -1.14. The molecule has 3 heterocycles. The lowest BCUT2D eigenvalue weighted by atomic mass is 9.81. The molecule has 2 saturated heterocycles. The normalized spacial score (nSPS) is 23.1. The number of esters is 1. The van der Waals surface area contributed by atoms with Crippen LogP contribution in [0.5, 0.6) is 0 Å². The second kappa shape index (κ2) is 63.5. The lowest BCUT2D eigenvalue weighted by molar-refractivity contribution is -0.792. The Hall–Kier alpha value is -13.0. The zero-order valence-corrected chi connectivity index (χ0v) is 64.8. The van der Waals surface area contributed by atoms with Crippen LogP contribution in [0.15, 0.2) is 35.5 Å². The average molecular weight is 1640 g/mol. The van der Waals surface area contributed by atoms with Crippen molar-refractivity contribution in [3.8, 4) is 261 Å². The van der Waals surface area contributed by atoms with Gasteiger partial charge in [0.25, 0.3) is 11.7 Å². The molecule has 0 aromatic heterocycles. The predicted octanol–water partition coefficient (Wildman–Crippen LogP) is 12.7. The van der Waals surface area contributed by atoms with Gasteiger partial charge in [-0.25, -0.2) is 15.3 Å². The Morgan fingerprint density at radius 2 is 1.01 bits per heavy atom. The molecule has 116 heavy (non-hydrogen) atoms. The van der Waals surface area contributed by atoms with E-state index in [0.29, 0.717) is 56.9 Å². The van der Waals surface area contributed by atoms with Crippen LogP contribution in [-0.2, 0) is 93.1 Å². The number of Topliss-reactive ketones (excluding diaryl/α,β-unsaturated/α-hetero) is 2. The molecule has 3 fully saturated rings. The molecule has 1 amide bonds. The minimum atomic E-state index is -2.51. The fraction of sp³-hybridized carbons (Fsp3) is 0.400. The second-order valence-corrected chi connectivity index (χ2v) is 23.9. The third-order valence-electron chi connectivity index (χ3n) is 16.1. The monoisotopic (exact) mass is 1640 g/mol. The molecule has 6 N–H and O–H groups in total. The molecule has 1 saturated carbocycles. The number of nitrogens with one attached hydrogen (secondary N) is 1. The van der Waals surface area contributed by atoms with E-state index in [0.717, 1.165) is 5.57 Å². The summed E-state index contributed by atoms with van der Waals surface area (Å²) in [6.07, 6.45) is 12.2. The number of carbonyl (C=O) groups excluding carboxylic acids is 4. The van der Waals surface area contributed by atoms with Gasteiger partial charge in [0.15, 0.2) is 0 Å². The van der Waals surface area contributed by atoms with Crippen molar-refractivity contribution in [2.45, 2.75) is 174 Å². The van der Waals surface area contributed by atoms with Crippen LogP contribution < -0.4 is 5.64 Å². The van der Waals surface area contributed by atoms with Gasteiger partial charge in [0.2, 0.25) is 5.79 Å². The number of nitrogens with zero attached hydrogens (tertiary/aromatic N) is 1. The van der Waals surface area contributed by atoms with Crippen molar-refractivity contribution in [3.05, 3.63) is 35.5 Å². The van der Waals surface area contributed by atoms with Gasteiger partial charge in [0, 0.05) is 253 Å². The number of cyclic esters (lactones) is 1. The fourth-order valence-electron chi connectivity index (χ4n) is 11.0. The highest BCUT2D eigenvalue weighted by molar-refractivity contribution is 6.39. The minimum absolute atomic E-state index is 0. The molecule has 0 radical (unpaired) electrons. The number of rotatable bonds is 17. The van der Waals surface area contributed by atoms with E-state index in [2.05, 4.69) is 312 Å². The number of hydrogen-bond donors (Lipinski definition) is 6. The smallest absolute Gasteiger partial charge is 0.329 e. The van der Waals surface area contributed by atoms with Gasteiger partial charge in [-0.05, 0) is 250 Å². The van der Waals surface area contributed by atoms with Crippen LogP contribution in [0.25, 0.3) is 0 Å². The fourth-order valence-corrected chi connectivity index (χ4v) is 11.0. The van der Waals surface area contributed by atoms with Crippen LogP contribution in [0.3, 0.4) is 0 Å². The van der Waals surface area contributed by atoms with Crippen molar-refractivity contribution in [1.82, 2.24) is 10.5 Å². The molecule has 26 nitrogen and oxygen atoms in total. The van der Waals surface area contributed by atoms with Crippen molar-refractivity contribution in [1.29, 1.82) is 0 Å². The first-order valence-corrected chi connectivity index (χ1v) is 34.8. The standard InChI is InChI=1S/C45H71NO12.C45H4.H3NO12.33H2/c1-10-11-14-32-20-26(2)19-27(3)21-38(55-8)41-39(56-9)23-29(5)45(53,58-41)42(50)43(51)46-18-13-12-15-33(46)44(52)57-40(30(6)35(48)25-36(32)49)28(4)22-31-16-17-34(47)37(24-31)54-7;1-3-5-7-9-11-13-15-17-19-21-23-25-27-29-31-33-35-37-39-41-43-45-44-42-40-38-36-34-32-30-28-26-24-22-20-18-16-14-12-10-8-6-4-2;2-6-10-12-8-4-1-5-9-13-11-7-3;;;;;;;;;;;;;;;;;;;;;;;;;;;;;;;;;/h10-11,20,22,27,29-35,37-41,47-48,53H,12-19,21,23-25H2,1-9H3;1H,2H3;1-3H;33*1H/b11-10+,26-20+,28-22+;;;;;;;;;;;;;;;;;;;;;;;;;;;;;;;;;;;/t27-,29+,30+,31-,32+,33-,34+,35-,37+,38-,39-,40+,41+,45+;;;;;;;;;;;;;;;;;;;;;;;;;;;;;;;;;;;/m0.................................../s1. The van der Waals surface area contributed by atoms with Crippen LogP contribution in [0, 0.1) is 291 Å². The third kappa shape index (κ3) is 42.6. The van der Waals surface area contributed by atoms with Crippen LogP contribution in [0.2, 0.25) is 0 Å². The molecule has 4 rings (SSSR count). The number of allylic oxidation sites excluding steroid dienone is 5. The van der Waals surface area contributed by atoms with Gasteiger partial charge in [-0.15, -0.1) is 6.42 Å². The van der Waals surface area contributed by atoms with E-state index in [9.17, 15) is 34.5 Å². The molecule has 3 aliphatic heterocycles. The van der Waals surface area contributed by atoms with E-state index >= 15 is 0 Å². The van der Waals surface area contributed by atoms with Gasteiger partial charge in [-0.1, -0.05) is 66.5 Å². The molecule has 0 spiro atoms. The summed E-state index contributed by atoms with van der Waals surface area (Å²) in [5, 5.41) is 75.1. The summed E-state index contributed by atoms with van der Waals surface area (Å²) in [7, 11) is 4.63. The number of carbonyl (C=O) groups is 4. The first kappa shape index (κ1) is 99.1. The summed E-state index contributed by atoms with van der Waals surface area (Å²) < 4.78 is 29.8. The summed E-state index contributed by atoms with van der Waals surface area (Å²) in [5.41, 5.74) is 3.01. The molecule has 14 atom stereocenters. The Morgan fingerprint density at radius 1 is 0.578 bits per heavy atom. The Labute approximate surface area is 726 Å². The SMILES string of the molecule is C#CC#CC#CC#CC#CC#CC#CC#CC#CC#CC#CC#CC#CC#CC#CC#CC#CC#CC#CC#CC#CC#CC.C/C=C/C[C@@H]1/C=C(\C)C[C@H](C)C[C@H](OC)[C@H]2O[C@@](O)(C(=O)C(=O)N3CCCC[C@H]3C(=O)O[C@H](/C(C)=C/[C@@H]3CC[C@@H](O)[C@H](OC)C3)[C@H](C)[C@@H](O)CC1=O)[C@H](C)C[C@@H]2OC.OOOOOONOOOOOO.[HH].[HH].[HH].[HH].[HH].[HH].[HH].[HH].[HH].[HH].[HH].[HH].[HH].[HH].[HH].[HH].[HH].[HH].[HH].[HH].[HH].[HH].[HH].[HH].[HH].[HH].[HH].[HH].[HH].[HH].[HH].[HH].[HH]. The molecular formula is C90H144N2O24. The van der Waals surface area contributed by atoms with E-state index in [1.54, 1.807) is 27.9 Å². The Morgan fingerprint density at radius 3 is 1.42 bits per heavy atom. The zero-order chi connectivity index (χ0) is 85.1. The highest BCUT2D eigenvalue weighted by Crippen LogP contribution is 2.39. The molecule has 0 aromatic rings. The highest BCUT2D eigenvalue weighted by Gasteiger charge is 2.57. The molecule has 1 aliphatic carbocycles. The van der Waals surface area contributed by atoms with E-state index in [4.69, 9.17) is 40.6 Å². The van der Waals surface area contributed by atoms with Crippen molar-refractivity contribution in [2.24, 2.45) is 29.6 Å². The molecule has 658 valence electrons. The van der Waals surface area contributed by atoms with Crippen LogP contribution in [0.4, 0.5) is 0 Å². The maximum absolute atomic E-state index is 14.3. The summed E-state index contributed by atoms with van der Waals surface area (Å²) >= 11 is 0. The second-order valence-electron chi connectivity index (χ2n) is 23.9. The first-order valence-electron chi connectivity index (χ1n) is 34.8. The first-order chi connectivity index (χ1) is 56.3. The van der Waals surface area contributed by atoms with Gasteiger partial charge in [-0.2, -0.15) is 0 Å². The average Bonchev–Trinajstić information content (AvgIpc) is 0.807. The molecule has 26 heteroatoms. The molecular weight excluding hydrogens is 1490 g/mol. The number of terminal acetylenes is 1. The van der Waals surface area contributed by atoms with Crippen LogP contribution in [0.1, 0.15) is 166 Å². The van der Waals surface area contributed by atoms with Crippen LogP contribution in [-0.4, -0.2) is 137 Å². The maximum atomic E-state index is 14.3. The Balaban J connectivity index is -0.0000000461. The Bertz CT molecular complexity index is 5110. The van der Waals surface area contributed by atoms with Gasteiger partial charge < -0.3 is 43.9 Å². The van der Waals surface area contributed by atoms with Crippen molar-refractivity contribution in [3.63, 3.8) is 0 Å². The number of ketones is 2. The topological polar surface area (TPSA) is 323 Å². The lowest BCUT2D eigenvalue weighted by Gasteiger charge is -2.47. The number of aliphatic hydroxyl groups excluding tert-OH is 2. The number of piperidine rings is 1. The van der Waals surface area contributed by atoms with Crippen molar-refractivity contribution < 1.29 is 166 Å². The lowest BCUT2D eigenvalue weighted by Crippen LogP contribution is -2.64. The number of hydrogen-bond acceptors (Lipinski definition) is 25. The molecule has 4 aliphatic rings. The summed E-state index contributed by atoms with van der Waals surface area (Å²) in [4.78, 5) is 65.3. The number of aliphatic hydroxyl groups is 3.